The van der Waals surface area contributed by atoms with Crippen LogP contribution >= 0.6 is 23.1 Å². The van der Waals surface area contributed by atoms with Gasteiger partial charge in [-0.2, -0.15) is 11.3 Å². The predicted octanol–water partition coefficient (Wildman–Crippen LogP) is 3.51. The number of non-ortho nitro benzene ring substituents is 1. The van der Waals surface area contributed by atoms with Gasteiger partial charge in [-0.05, 0) is 17.5 Å². The van der Waals surface area contributed by atoms with Gasteiger partial charge in [-0.25, -0.2) is 4.79 Å². The number of benzene rings is 1. The molecule has 7 heteroatoms. The third-order valence-corrected chi connectivity index (χ3v) is 4.01. The summed E-state index contributed by atoms with van der Waals surface area (Å²) in [5, 5.41) is 23.4. The summed E-state index contributed by atoms with van der Waals surface area (Å²) >= 11 is 2.69. The van der Waals surface area contributed by atoms with E-state index in [-0.39, 0.29) is 11.3 Å². The zero-order chi connectivity index (χ0) is 13.1. The topological polar surface area (TPSA) is 80.4 Å². The second-order valence-electron chi connectivity index (χ2n) is 3.30. The van der Waals surface area contributed by atoms with Crippen molar-refractivity contribution in [3.63, 3.8) is 0 Å². The second kappa shape index (κ2) is 5.19. The Morgan fingerprint density at radius 2 is 2.17 bits per heavy atom. The van der Waals surface area contributed by atoms with Gasteiger partial charge in [-0.3, -0.25) is 10.1 Å². The minimum absolute atomic E-state index is 0.0665. The van der Waals surface area contributed by atoms with E-state index in [0.717, 1.165) is 4.90 Å². The number of hydrogen-bond donors (Lipinski definition) is 1. The SMILES string of the molecule is O=C(O)c1ccc([N+](=O)[O-])cc1Sc1ccsc1. The molecule has 0 aliphatic rings. The van der Waals surface area contributed by atoms with E-state index >= 15 is 0 Å². The minimum atomic E-state index is -1.09. The van der Waals surface area contributed by atoms with Crippen LogP contribution in [0.25, 0.3) is 0 Å². The van der Waals surface area contributed by atoms with E-state index in [2.05, 4.69) is 0 Å². The highest BCUT2D eigenvalue weighted by Crippen LogP contribution is 2.34. The molecule has 1 N–H and O–H groups in total. The fourth-order valence-corrected chi connectivity index (χ4v) is 3.12. The molecule has 1 aromatic carbocycles. The summed E-state index contributed by atoms with van der Waals surface area (Å²) < 4.78 is 0. The van der Waals surface area contributed by atoms with E-state index in [0.29, 0.717) is 4.90 Å². The lowest BCUT2D eigenvalue weighted by atomic mass is 10.2. The molecule has 92 valence electrons. The van der Waals surface area contributed by atoms with Crippen LogP contribution in [0.5, 0.6) is 0 Å². The van der Waals surface area contributed by atoms with E-state index in [1.807, 2.05) is 16.8 Å². The Bertz CT molecular complexity index is 595. The molecule has 0 unspecified atom stereocenters. The molecule has 0 aliphatic carbocycles. The maximum absolute atomic E-state index is 11.1. The second-order valence-corrected chi connectivity index (χ2v) is 5.20. The Hall–Kier alpha value is -1.86. The smallest absolute Gasteiger partial charge is 0.336 e. The standard InChI is InChI=1S/C11H7NO4S2/c13-11(14)9-2-1-7(12(15)16)5-10(9)18-8-3-4-17-6-8/h1-6H,(H,13,14). The Kier molecular flexibility index (Phi) is 3.63. The highest BCUT2D eigenvalue weighted by atomic mass is 32.2. The first-order chi connectivity index (χ1) is 8.58. The largest absolute Gasteiger partial charge is 0.478 e. The van der Waals surface area contributed by atoms with Crippen LogP contribution in [0.3, 0.4) is 0 Å². The quantitative estimate of drug-likeness (QED) is 0.685. The molecule has 0 amide bonds. The third kappa shape index (κ3) is 2.69. The zero-order valence-corrected chi connectivity index (χ0v) is 10.5. The van der Waals surface area contributed by atoms with Crippen molar-refractivity contribution in [1.29, 1.82) is 0 Å². The number of carbonyl (C=O) groups is 1. The molecular formula is C11H7NO4S2. The maximum Gasteiger partial charge on any atom is 0.336 e. The lowest BCUT2D eigenvalue weighted by Gasteiger charge is -2.04. The normalized spacial score (nSPS) is 10.2. The van der Waals surface area contributed by atoms with Crippen molar-refractivity contribution in [2.45, 2.75) is 9.79 Å². The van der Waals surface area contributed by atoms with E-state index < -0.39 is 10.9 Å². The molecule has 5 nitrogen and oxygen atoms in total. The highest BCUT2D eigenvalue weighted by Gasteiger charge is 2.16. The van der Waals surface area contributed by atoms with Gasteiger partial charge in [0.2, 0.25) is 0 Å². The van der Waals surface area contributed by atoms with Gasteiger partial charge in [0.15, 0.2) is 0 Å². The lowest BCUT2D eigenvalue weighted by molar-refractivity contribution is -0.385. The van der Waals surface area contributed by atoms with Crippen LogP contribution in [0, 0.1) is 10.1 Å². The van der Waals surface area contributed by atoms with Crippen LogP contribution in [-0.4, -0.2) is 16.0 Å². The highest BCUT2D eigenvalue weighted by molar-refractivity contribution is 7.99. The summed E-state index contributed by atoms with van der Waals surface area (Å²) in [5.74, 6) is -1.09. The summed E-state index contributed by atoms with van der Waals surface area (Å²) in [6.07, 6.45) is 0. The number of carboxylic acid groups (broad SMARTS) is 1. The third-order valence-electron chi connectivity index (χ3n) is 2.13. The fraction of sp³-hybridized carbons (Fsp3) is 0. The number of carboxylic acids is 1. The van der Waals surface area contributed by atoms with Gasteiger partial charge >= 0.3 is 5.97 Å². The number of nitro groups is 1. The van der Waals surface area contributed by atoms with Crippen molar-refractivity contribution in [2.24, 2.45) is 0 Å². The monoisotopic (exact) mass is 281 g/mol. The molecule has 1 heterocycles. The van der Waals surface area contributed by atoms with Crippen LogP contribution in [-0.2, 0) is 0 Å². The fourth-order valence-electron chi connectivity index (χ4n) is 1.32. The van der Waals surface area contributed by atoms with Gasteiger partial charge in [0.05, 0.1) is 10.5 Å². The van der Waals surface area contributed by atoms with Crippen molar-refractivity contribution < 1.29 is 14.8 Å². The molecule has 2 rings (SSSR count). The molecule has 18 heavy (non-hydrogen) atoms. The Balaban J connectivity index is 2.43. The first kappa shape index (κ1) is 12.6. The predicted molar refractivity (Wildman–Crippen MR) is 68.5 cm³/mol. The van der Waals surface area contributed by atoms with Crippen LogP contribution in [0.2, 0.25) is 0 Å². The molecule has 2 aromatic rings. The summed E-state index contributed by atoms with van der Waals surface area (Å²) in [7, 11) is 0. The van der Waals surface area contributed by atoms with Gasteiger partial charge < -0.3 is 5.11 Å². The van der Waals surface area contributed by atoms with Crippen molar-refractivity contribution in [3.8, 4) is 0 Å². The molecule has 0 bridgehead atoms. The van der Waals surface area contributed by atoms with Gasteiger partial charge in [0.25, 0.3) is 5.69 Å². The average molecular weight is 281 g/mol. The maximum atomic E-state index is 11.1. The molecule has 0 aliphatic heterocycles. The van der Waals surface area contributed by atoms with Gasteiger partial charge in [0.1, 0.15) is 0 Å². The molecule has 0 saturated heterocycles. The molecule has 0 fully saturated rings. The number of aromatic carboxylic acids is 1. The first-order valence-corrected chi connectivity index (χ1v) is 6.55. The van der Waals surface area contributed by atoms with E-state index in [9.17, 15) is 14.9 Å². The summed E-state index contributed by atoms with van der Waals surface area (Å²) in [4.78, 5) is 22.4. The van der Waals surface area contributed by atoms with Gasteiger partial charge in [-0.15, -0.1) is 0 Å². The number of rotatable bonds is 4. The molecule has 1 aromatic heterocycles. The number of hydrogen-bond acceptors (Lipinski definition) is 5. The van der Waals surface area contributed by atoms with Crippen molar-refractivity contribution in [2.75, 3.05) is 0 Å². The van der Waals surface area contributed by atoms with Crippen LogP contribution in [0.15, 0.2) is 44.8 Å². The van der Waals surface area contributed by atoms with Crippen LogP contribution < -0.4 is 0 Å². The molecule has 0 saturated carbocycles. The van der Waals surface area contributed by atoms with E-state index in [1.54, 1.807) is 0 Å². The van der Waals surface area contributed by atoms with Crippen LogP contribution in [0.4, 0.5) is 5.69 Å². The Morgan fingerprint density at radius 1 is 1.39 bits per heavy atom. The zero-order valence-electron chi connectivity index (χ0n) is 8.90. The van der Waals surface area contributed by atoms with Gasteiger partial charge in [-0.1, -0.05) is 11.8 Å². The van der Waals surface area contributed by atoms with E-state index in [1.165, 1.54) is 41.3 Å². The number of nitrogens with zero attached hydrogens (tertiary/aromatic N) is 1. The summed E-state index contributed by atoms with van der Waals surface area (Å²) in [6, 6.07) is 5.57. The van der Waals surface area contributed by atoms with Crippen molar-refractivity contribution in [1.82, 2.24) is 0 Å². The Morgan fingerprint density at radius 3 is 2.72 bits per heavy atom. The van der Waals surface area contributed by atoms with E-state index in [4.69, 9.17) is 5.11 Å². The summed E-state index contributed by atoms with van der Waals surface area (Å²) in [6.45, 7) is 0. The number of thiophene rings is 1. The van der Waals surface area contributed by atoms with Crippen molar-refractivity contribution in [3.05, 3.63) is 50.7 Å². The lowest BCUT2D eigenvalue weighted by Crippen LogP contribution is -1.99. The first-order valence-electron chi connectivity index (χ1n) is 4.79. The minimum Gasteiger partial charge on any atom is -0.478 e. The average Bonchev–Trinajstić information content (AvgIpc) is 2.81. The molecular weight excluding hydrogens is 274 g/mol. The molecule has 0 atom stereocenters. The number of nitro benzene ring substituents is 1. The van der Waals surface area contributed by atoms with Crippen LogP contribution in [0.1, 0.15) is 10.4 Å². The summed E-state index contributed by atoms with van der Waals surface area (Å²) in [5.41, 5.74) is -0.0467. The van der Waals surface area contributed by atoms with Gasteiger partial charge in [0, 0.05) is 27.3 Å². The molecule has 0 spiro atoms. The Labute approximate surface area is 110 Å². The van der Waals surface area contributed by atoms with Crippen molar-refractivity contribution >= 4 is 34.8 Å². The molecule has 0 radical (unpaired) electrons.